The number of likely N-dealkylation sites (N-methyl/N-ethyl adjacent to an activating group) is 1. The largest absolute Gasteiger partial charge is 0.337 e. The normalized spacial score (nSPS) is 14.5. The number of amides is 1. The van der Waals surface area contributed by atoms with Gasteiger partial charge in [-0.25, -0.2) is 4.98 Å². The zero-order valence-corrected chi connectivity index (χ0v) is 18.3. The maximum absolute atomic E-state index is 12.5. The second-order valence-electron chi connectivity index (χ2n) is 8.30. The smallest absolute Gasteiger partial charge is 0.235 e. The summed E-state index contributed by atoms with van der Waals surface area (Å²) in [6.45, 7) is 7.92. The minimum Gasteiger partial charge on any atom is -0.337 e. The van der Waals surface area contributed by atoms with Crippen LogP contribution in [0.5, 0.6) is 0 Å². The van der Waals surface area contributed by atoms with Crippen LogP contribution in [0.3, 0.4) is 0 Å². The third-order valence-electron chi connectivity index (χ3n) is 5.95. The Morgan fingerprint density at radius 1 is 1.20 bits per heavy atom. The molecule has 1 N–H and O–H groups in total. The molecular formula is C24H29N5O. The Morgan fingerprint density at radius 3 is 2.50 bits per heavy atom. The maximum Gasteiger partial charge on any atom is 0.235 e. The summed E-state index contributed by atoms with van der Waals surface area (Å²) in [4.78, 5) is 18.9. The van der Waals surface area contributed by atoms with E-state index in [4.69, 9.17) is 0 Å². The first-order valence-corrected chi connectivity index (χ1v) is 10.2. The number of benzene rings is 2. The molecule has 1 amide bonds. The van der Waals surface area contributed by atoms with Gasteiger partial charge in [0.25, 0.3) is 0 Å². The summed E-state index contributed by atoms with van der Waals surface area (Å²) < 4.78 is 2.07. The lowest BCUT2D eigenvalue weighted by Gasteiger charge is -2.30. The fourth-order valence-electron chi connectivity index (χ4n) is 3.33. The third kappa shape index (κ3) is 4.37. The molecule has 3 aromatic rings. The van der Waals surface area contributed by atoms with Gasteiger partial charge in [-0.1, -0.05) is 38.1 Å². The van der Waals surface area contributed by atoms with E-state index in [2.05, 4.69) is 58.2 Å². The molecule has 0 aliphatic carbocycles. The highest BCUT2D eigenvalue weighted by atomic mass is 16.2. The lowest BCUT2D eigenvalue weighted by molar-refractivity contribution is -0.124. The van der Waals surface area contributed by atoms with Gasteiger partial charge in [-0.15, -0.1) is 0 Å². The quantitative estimate of drug-likeness (QED) is 0.645. The van der Waals surface area contributed by atoms with Crippen LogP contribution < -0.4 is 5.32 Å². The molecule has 0 unspecified atom stereocenters. The van der Waals surface area contributed by atoms with Gasteiger partial charge in [0.2, 0.25) is 5.91 Å². The lowest BCUT2D eigenvalue weighted by Crippen LogP contribution is -2.51. The second kappa shape index (κ2) is 8.68. The topological polar surface area (TPSA) is 74.0 Å². The molecule has 0 aliphatic rings. The molecule has 0 fully saturated rings. The first kappa shape index (κ1) is 21.5. The third-order valence-corrected chi connectivity index (χ3v) is 5.95. The average Bonchev–Trinajstić information content (AvgIpc) is 3.17. The number of rotatable bonds is 7. The lowest BCUT2D eigenvalue weighted by atomic mass is 9.90. The fraction of sp³-hybridized carbons (Fsp3) is 0.375. The molecule has 0 saturated heterocycles. The number of para-hydroxylation sites is 2. The minimum absolute atomic E-state index is 0.0287. The van der Waals surface area contributed by atoms with E-state index in [1.54, 1.807) is 6.92 Å². The van der Waals surface area contributed by atoms with E-state index in [0.29, 0.717) is 0 Å². The van der Waals surface area contributed by atoms with E-state index < -0.39 is 5.54 Å². The molecule has 6 heteroatoms. The van der Waals surface area contributed by atoms with E-state index in [1.807, 2.05) is 50.3 Å². The summed E-state index contributed by atoms with van der Waals surface area (Å²) in [7, 11) is 1.92. The number of nitrogens with zero attached hydrogens (tertiary/aromatic N) is 4. The van der Waals surface area contributed by atoms with Crippen molar-refractivity contribution in [3.63, 3.8) is 0 Å². The zero-order valence-electron chi connectivity index (χ0n) is 18.3. The highest BCUT2D eigenvalue weighted by Crippen LogP contribution is 2.23. The van der Waals surface area contributed by atoms with Gasteiger partial charge >= 0.3 is 0 Å². The standard InChI is InChI=1S/C24H29N5O/c1-17(2)24(4,15-25)27-23(30)14-28(5)18(3)19-10-12-20(13-11-19)29-16-26-21-8-6-7-9-22(21)29/h6-13,16-18H,14H2,1-5H3,(H,27,30)/t18-,24-/m1/s1. The molecule has 0 spiro atoms. The van der Waals surface area contributed by atoms with Gasteiger partial charge in [-0.3, -0.25) is 14.3 Å². The number of hydrogen-bond donors (Lipinski definition) is 1. The molecule has 1 heterocycles. The first-order valence-electron chi connectivity index (χ1n) is 10.2. The predicted molar refractivity (Wildman–Crippen MR) is 119 cm³/mol. The summed E-state index contributed by atoms with van der Waals surface area (Å²) in [6, 6.07) is 18.6. The Balaban J connectivity index is 1.69. The van der Waals surface area contributed by atoms with Gasteiger partial charge < -0.3 is 5.32 Å². The van der Waals surface area contributed by atoms with Crippen molar-refractivity contribution >= 4 is 16.9 Å². The molecule has 0 radical (unpaired) electrons. The summed E-state index contributed by atoms with van der Waals surface area (Å²) in [5, 5.41) is 12.3. The summed E-state index contributed by atoms with van der Waals surface area (Å²) in [5.74, 6) is -0.121. The van der Waals surface area contributed by atoms with Crippen molar-refractivity contribution in [3.8, 4) is 11.8 Å². The Hall–Kier alpha value is -3.17. The number of nitrogens with one attached hydrogen (secondary N) is 1. The van der Waals surface area contributed by atoms with Crippen LogP contribution in [-0.2, 0) is 4.79 Å². The summed E-state index contributed by atoms with van der Waals surface area (Å²) >= 11 is 0. The van der Waals surface area contributed by atoms with Crippen molar-refractivity contribution in [2.75, 3.05) is 13.6 Å². The van der Waals surface area contributed by atoms with E-state index in [1.165, 1.54) is 0 Å². The summed E-state index contributed by atoms with van der Waals surface area (Å²) in [6.07, 6.45) is 1.83. The van der Waals surface area contributed by atoms with Crippen LogP contribution in [-0.4, -0.2) is 39.5 Å². The van der Waals surface area contributed by atoms with Gasteiger partial charge in [-0.05, 0) is 56.6 Å². The van der Waals surface area contributed by atoms with Gasteiger partial charge in [0.15, 0.2) is 0 Å². The molecule has 3 rings (SSSR count). The number of nitriles is 1. The molecule has 30 heavy (non-hydrogen) atoms. The van der Waals surface area contributed by atoms with Crippen LogP contribution >= 0.6 is 0 Å². The van der Waals surface area contributed by atoms with E-state index in [9.17, 15) is 10.1 Å². The number of carbonyl (C=O) groups excluding carboxylic acids is 1. The number of carbonyl (C=O) groups is 1. The number of imidazole rings is 1. The van der Waals surface area contributed by atoms with Crippen LogP contribution in [0.25, 0.3) is 16.7 Å². The molecule has 0 saturated carbocycles. The highest BCUT2D eigenvalue weighted by molar-refractivity contribution is 5.79. The van der Waals surface area contributed by atoms with Gasteiger partial charge in [-0.2, -0.15) is 5.26 Å². The number of aromatic nitrogens is 2. The van der Waals surface area contributed by atoms with Crippen molar-refractivity contribution in [1.82, 2.24) is 19.8 Å². The van der Waals surface area contributed by atoms with Crippen LogP contribution in [0.15, 0.2) is 54.9 Å². The van der Waals surface area contributed by atoms with Crippen molar-refractivity contribution in [2.24, 2.45) is 5.92 Å². The Morgan fingerprint density at radius 2 is 1.87 bits per heavy atom. The Bertz CT molecular complexity index is 1060. The molecule has 156 valence electrons. The number of hydrogen-bond acceptors (Lipinski definition) is 4. The van der Waals surface area contributed by atoms with E-state index >= 15 is 0 Å². The molecule has 2 atom stereocenters. The molecule has 0 bridgehead atoms. The van der Waals surface area contributed by atoms with Crippen molar-refractivity contribution < 1.29 is 4.79 Å². The Kier molecular flexibility index (Phi) is 6.23. The molecular weight excluding hydrogens is 374 g/mol. The Labute approximate surface area is 178 Å². The minimum atomic E-state index is -0.865. The van der Waals surface area contributed by atoms with Crippen LogP contribution in [0.1, 0.15) is 39.3 Å². The van der Waals surface area contributed by atoms with Gasteiger partial charge in [0.05, 0.1) is 23.6 Å². The molecule has 6 nitrogen and oxygen atoms in total. The van der Waals surface area contributed by atoms with Crippen LogP contribution in [0.2, 0.25) is 0 Å². The van der Waals surface area contributed by atoms with Gasteiger partial charge in [0.1, 0.15) is 11.9 Å². The van der Waals surface area contributed by atoms with E-state index in [0.717, 1.165) is 22.3 Å². The zero-order chi connectivity index (χ0) is 21.9. The second-order valence-corrected chi connectivity index (χ2v) is 8.30. The van der Waals surface area contributed by atoms with Crippen molar-refractivity contribution in [2.45, 2.75) is 39.3 Å². The van der Waals surface area contributed by atoms with Crippen molar-refractivity contribution in [1.29, 1.82) is 5.26 Å². The fourth-order valence-corrected chi connectivity index (χ4v) is 3.33. The van der Waals surface area contributed by atoms with E-state index in [-0.39, 0.29) is 24.4 Å². The van der Waals surface area contributed by atoms with Gasteiger partial charge in [0, 0.05) is 11.7 Å². The molecule has 1 aromatic heterocycles. The van der Waals surface area contributed by atoms with Crippen molar-refractivity contribution in [3.05, 3.63) is 60.4 Å². The maximum atomic E-state index is 12.5. The predicted octanol–water partition coefficient (Wildman–Crippen LogP) is 4.07. The molecule has 2 aromatic carbocycles. The monoisotopic (exact) mass is 403 g/mol. The first-order chi connectivity index (χ1) is 14.2. The van der Waals surface area contributed by atoms with Crippen LogP contribution in [0, 0.1) is 17.2 Å². The SMILES string of the molecule is CC(C)[C@@](C)(C#N)NC(=O)CN(C)[C@H](C)c1ccc(-n2cnc3ccccc32)cc1. The highest BCUT2D eigenvalue weighted by Gasteiger charge is 2.30. The number of fused-ring (bicyclic) bond motifs is 1. The summed E-state index contributed by atoms with van der Waals surface area (Å²) in [5.41, 5.74) is 3.33. The molecule has 0 aliphatic heterocycles. The van der Waals surface area contributed by atoms with Crippen LogP contribution in [0.4, 0.5) is 0 Å². The average molecular weight is 404 g/mol.